The first-order valence-electron chi connectivity index (χ1n) is 5.40. The summed E-state index contributed by atoms with van der Waals surface area (Å²) in [5.74, 6) is 0.0775. The zero-order chi connectivity index (χ0) is 11.1. The van der Waals surface area contributed by atoms with Gasteiger partial charge in [-0.05, 0) is 37.6 Å². The van der Waals surface area contributed by atoms with Gasteiger partial charge in [0.05, 0.1) is 0 Å². The summed E-state index contributed by atoms with van der Waals surface area (Å²) in [6, 6.07) is 7.74. The number of rotatable bonds is 5. The van der Waals surface area contributed by atoms with E-state index in [1.165, 1.54) is 0 Å². The molecule has 3 heteroatoms. The molecule has 1 amide bonds. The average Bonchev–Trinajstić information content (AvgIpc) is 2.22. The van der Waals surface area contributed by atoms with Crippen molar-refractivity contribution in [3.63, 3.8) is 0 Å². The summed E-state index contributed by atoms with van der Waals surface area (Å²) >= 11 is 0. The SMILES string of the molecule is CCCC(=O)Nc1ccc(NCC)cc1. The van der Waals surface area contributed by atoms with E-state index in [1.54, 1.807) is 0 Å². The Morgan fingerprint density at radius 3 is 2.27 bits per heavy atom. The molecule has 1 aromatic carbocycles. The lowest BCUT2D eigenvalue weighted by Crippen LogP contribution is -2.10. The maximum atomic E-state index is 11.3. The largest absolute Gasteiger partial charge is 0.385 e. The fourth-order valence-electron chi connectivity index (χ4n) is 1.33. The van der Waals surface area contributed by atoms with E-state index in [2.05, 4.69) is 17.6 Å². The van der Waals surface area contributed by atoms with E-state index >= 15 is 0 Å². The summed E-state index contributed by atoms with van der Waals surface area (Å²) in [7, 11) is 0. The standard InChI is InChI=1S/C12H18N2O/c1-3-5-12(15)14-11-8-6-10(7-9-11)13-4-2/h6-9,13H,3-5H2,1-2H3,(H,14,15). The van der Waals surface area contributed by atoms with E-state index in [1.807, 2.05) is 31.2 Å². The van der Waals surface area contributed by atoms with Gasteiger partial charge in [0.2, 0.25) is 5.91 Å². The highest BCUT2D eigenvalue weighted by Gasteiger charge is 1.99. The summed E-state index contributed by atoms with van der Waals surface area (Å²) < 4.78 is 0. The van der Waals surface area contributed by atoms with Gasteiger partial charge in [-0.3, -0.25) is 4.79 Å². The molecule has 3 nitrogen and oxygen atoms in total. The van der Waals surface area contributed by atoms with E-state index in [4.69, 9.17) is 0 Å². The minimum Gasteiger partial charge on any atom is -0.385 e. The van der Waals surface area contributed by atoms with Crippen molar-refractivity contribution < 1.29 is 4.79 Å². The van der Waals surface area contributed by atoms with Gasteiger partial charge in [0, 0.05) is 24.3 Å². The molecule has 0 aliphatic rings. The molecule has 0 saturated carbocycles. The molecule has 1 rings (SSSR count). The van der Waals surface area contributed by atoms with Crippen molar-refractivity contribution in [2.75, 3.05) is 17.2 Å². The summed E-state index contributed by atoms with van der Waals surface area (Å²) in [5, 5.41) is 6.05. The number of amides is 1. The number of hydrogen-bond acceptors (Lipinski definition) is 2. The normalized spacial score (nSPS) is 9.73. The molecule has 0 heterocycles. The molecule has 0 atom stereocenters. The molecule has 1 aromatic rings. The lowest BCUT2D eigenvalue weighted by molar-refractivity contribution is -0.116. The third-order valence-electron chi connectivity index (χ3n) is 2.03. The van der Waals surface area contributed by atoms with Gasteiger partial charge in [0.25, 0.3) is 0 Å². The van der Waals surface area contributed by atoms with Crippen molar-refractivity contribution in [1.82, 2.24) is 0 Å². The fraction of sp³-hybridized carbons (Fsp3) is 0.417. The quantitative estimate of drug-likeness (QED) is 0.777. The van der Waals surface area contributed by atoms with Gasteiger partial charge < -0.3 is 10.6 Å². The van der Waals surface area contributed by atoms with Crippen molar-refractivity contribution in [3.8, 4) is 0 Å². The Morgan fingerprint density at radius 1 is 1.13 bits per heavy atom. The van der Waals surface area contributed by atoms with Crippen molar-refractivity contribution in [3.05, 3.63) is 24.3 Å². The summed E-state index contributed by atoms with van der Waals surface area (Å²) in [4.78, 5) is 11.3. The van der Waals surface area contributed by atoms with Crippen LogP contribution in [0.15, 0.2) is 24.3 Å². The number of carbonyl (C=O) groups excluding carboxylic acids is 1. The molecule has 0 aromatic heterocycles. The second-order valence-corrected chi connectivity index (χ2v) is 3.41. The summed E-state index contributed by atoms with van der Waals surface area (Å²) in [5.41, 5.74) is 1.93. The van der Waals surface area contributed by atoms with Crippen LogP contribution in [0.3, 0.4) is 0 Å². The molecule has 2 N–H and O–H groups in total. The Bertz CT molecular complexity index is 306. The second-order valence-electron chi connectivity index (χ2n) is 3.41. The van der Waals surface area contributed by atoms with Gasteiger partial charge in [0.15, 0.2) is 0 Å². The van der Waals surface area contributed by atoms with E-state index in [9.17, 15) is 4.79 Å². The molecule has 15 heavy (non-hydrogen) atoms. The Balaban J connectivity index is 2.52. The molecule has 0 radical (unpaired) electrons. The second kappa shape index (κ2) is 6.06. The molecule has 0 bridgehead atoms. The smallest absolute Gasteiger partial charge is 0.224 e. The molecule has 0 fully saturated rings. The van der Waals surface area contributed by atoms with Crippen molar-refractivity contribution in [2.24, 2.45) is 0 Å². The van der Waals surface area contributed by atoms with Crippen LogP contribution in [-0.4, -0.2) is 12.5 Å². The minimum atomic E-state index is 0.0775. The molecule has 0 aliphatic heterocycles. The van der Waals surface area contributed by atoms with Crippen LogP contribution in [0.25, 0.3) is 0 Å². The van der Waals surface area contributed by atoms with Gasteiger partial charge in [-0.1, -0.05) is 6.92 Å². The summed E-state index contributed by atoms with van der Waals surface area (Å²) in [6.45, 7) is 4.95. The van der Waals surface area contributed by atoms with Crippen LogP contribution in [0.5, 0.6) is 0 Å². The van der Waals surface area contributed by atoms with Crippen LogP contribution in [0.1, 0.15) is 26.7 Å². The maximum absolute atomic E-state index is 11.3. The van der Waals surface area contributed by atoms with Crippen LogP contribution in [0, 0.1) is 0 Å². The average molecular weight is 206 g/mol. The predicted octanol–water partition coefficient (Wildman–Crippen LogP) is 2.86. The third-order valence-corrected chi connectivity index (χ3v) is 2.03. The number of anilines is 2. The highest BCUT2D eigenvalue weighted by Crippen LogP contribution is 2.13. The molecule has 0 spiro atoms. The number of nitrogens with one attached hydrogen (secondary N) is 2. The first-order chi connectivity index (χ1) is 7.26. The van der Waals surface area contributed by atoms with Gasteiger partial charge in [0.1, 0.15) is 0 Å². The topological polar surface area (TPSA) is 41.1 Å². The van der Waals surface area contributed by atoms with E-state index in [0.29, 0.717) is 6.42 Å². The highest BCUT2D eigenvalue weighted by molar-refractivity contribution is 5.90. The predicted molar refractivity (Wildman–Crippen MR) is 64.1 cm³/mol. The zero-order valence-corrected chi connectivity index (χ0v) is 9.34. The van der Waals surface area contributed by atoms with Crippen LogP contribution in [0.4, 0.5) is 11.4 Å². The first kappa shape index (κ1) is 11.6. The van der Waals surface area contributed by atoms with Gasteiger partial charge in [-0.2, -0.15) is 0 Å². The Morgan fingerprint density at radius 2 is 1.73 bits per heavy atom. The van der Waals surface area contributed by atoms with Crippen molar-refractivity contribution >= 4 is 17.3 Å². The van der Waals surface area contributed by atoms with Crippen LogP contribution in [-0.2, 0) is 4.79 Å². The highest BCUT2D eigenvalue weighted by atomic mass is 16.1. The molecule has 0 saturated heterocycles. The van der Waals surface area contributed by atoms with Crippen molar-refractivity contribution in [1.29, 1.82) is 0 Å². The van der Waals surface area contributed by atoms with Crippen LogP contribution in [0.2, 0.25) is 0 Å². The van der Waals surface area contributed by atoms with E-state index in [-0.39, 0.29) is 5.91 Å². The lowest BCUT2D eigenvalue weighted by Gasteiger charge is -2.06. The Hall–Kier alpha value is -1.51. The lowest BCUT2D eigenvalue weighted by atomic mass is 10.2. The third kappa shape index (κ3) is 4.02. The molecule has 82 valence electrons. The van der Waals surface area contributed by atoms with Gasteiger partial charge >= 0.3 is 0 Å². The summed E-state index contributed by atoms with van der Waals surface area (Å²) in [6.07, 6.45) is 1.45. The monoisotopic (exact) mass is 206 g/mol. The molecule has 0 unspecified atom stereocenters. The van der Waals surface area contributed by atoms with Crippen molar-refractivity contribution in [2.45, 2.75) is 26.7 Å². The van der Waals surface area contributed by atoms with Gasteiger partial charge in [-0.15, -0.1) is 0 Å². The fourth-order valence-corrected chi connectivity index (χ4v) is 1.33. The van der Waals surface area contributed by atoms with Crippen LogP contribution >= 0.6 is 0 Å². The molecule has 0 aliphatic carbocycles. The Kier molecular flexibility index (Phi) is 4.68. The molecular formula is C12H18N2O. The van der Waals surface area contributed by atoms with Gasteiger partial charge in [-0.25, -0.2) is 0 Å². The zero-order valence-electron chi connectivity index (χ0n) is 9.34. The minimum absolute atomic E-state index is 0.0775. The first-order valence-corrected chi connectivity index (χ1v) is 5.40. The maximum Gasteiger partial charge on any atom is 0.224 e. The van der Waals surface area contributed by atoms with E-state index < -0.39 is 0 Å². The number of benzene rings is 1. The number of carbonyl (C=O) groups is 1. The molecular weight excluding hydrogens is 188 g/mol. The number of hydrogen-bond donors (Lipinski definition) is 2. The van der Waals surface area contributed by atoms with Crippen LogP contribution < -0.4 is 10.6 Å². The van der Waals surface area contributed by atoms with E-state index in [0.717, 1.165) is 24.3 Å². The Labute approximate surface area is 90.9 Å².